The Morgan fingerprint density at radius 2 is 2.13 bits per heavy atom. The van der Waals surface area contributed by atoms with E-state index in [9.17, 15) is 9.59 Å². The lowest BCUT2D eigenvalue weighted by molar-refractivity contribution is -0.132. The number of nitrogens with one attached hydrogen (secondary N) is 1. The number of fused-ring (bicyclic) bond motifs is 1. The first-order valence-electron chi connectivity index (χ1n) is 10.9. The fraction of sp³-hybridized carbons (Fsp3) is 0.522. The molecule has 0 bridgehead atoms. The Bertz CT molecular complexity index is 899. The third kappa shape index (κ3) is 3.71. The molecule has 3 aliphatic rings. The summed E-state index contributed by atoms with van der Waals surface area (Å²) in [5.41, 5.74) is 0.293. The second-order valence-electron chi connectivity index (χ2n) is 8.94. The number of carbonyl (C=O) groups excluding carboxylic acids is 2. The number of rotatable bonds is 5. The average Bonchev–Trinajstić information content (AvgIpc) is 3.36. The monoisotopic (exact) mass is 424 g/mol. The summed E-state index contributed by atoms with van der Waals surface area (Å²) in [6.45, 7) is 3.54. The highest BCUT2D eigenvalue weighted by Gasteiger charge is 2.53. The van der Waals surface area contributed by atoms with Crippen LogP contribution in [0.25, 0.3) is 0 Å². The second kappa shape index (κ2) is 8.02. The van der Waals surface area contributed by atoms with Crippen molar-refractivity contribution >= 4 is 29.0 Å². The molecule has 3 fully saturated rings. The Balaban J connectivity index is 1.41. The molecule has 4 heterocycles. The van der Waals surface area contributed by atoms with Gasteiger partial charge in [0, 0.05) is 50.2 Å². The quantitative estimate of drug-likeness (QED) is 0.801. The van der Waals surface area contributed by atoms with Crippen molar-refractivity contribution in [3.63, 3.8) is 0 Å². The maximum absolute atomic E-state index is 13.5. The topological polar surface area (TPSA) is 65.5 Å². The molecule has 2 amide bonds. The van der Waals surface area contributed by atoms with Gasteiger partial charge in [-0.05, 0) is 55.2 Å². The summed E-state index contributed by atoms with van der Waals surface area (Å²) in [5.74, 6) is 1.92. The molecule has 158 valence electrons. The zero-order valence-electron chi connectivity index (χ0n) is 17.1. The van der Waals surface area contributed by atoms with E-state index in [4.69, 9.17) is 0 Å². The first kappa shape index (κ1) is 19.5. The summed E-state index contributed by atoms with van der Waals surface area (Å²) >= 11 is 1.55. The van der Waals surface area contributed by atoms with Crippen LogP contribution in [-0.2, 0) is 4.79 Å². The van der Waals surface area contributed by atoms with E-state index in [0.717, 1.165) is 37.3 Å². The van der Waals surface area contributed by atoms with E-state index in [0.29, 0.717) is 25.6 Å². The molecule has 0 unspecified atom stereocenters. The molecule has 2 aliphatic heterocycles. The van der Waals surface area contributed by atoms with Crippen LogP contribution in [0.3, 0.4) is 0 Å². The minimum Gasteiger partial charge on any atom is -0.355 e. The second-order valence-corrected chi connectivity index (χ2v) is 9.72. The van der Waals surface area contributed by atoms with Gasteiger partial charge in [-0.2, -0.15) is 11.3 Å². The zero-order valence-corrected chi connectivity index (χ0v) is 17.9. The number of amides is 2. The average molecular weight is 425 g/mol. The molecule has 30 heavy (non-hydrogen) atoms. The van der Waals surface area contributed by atoms with Crippen molar-refractivity contribution in [3.8, 4) is 0 Å². The van der Waals surface area contributed by atoms with Crippen LogP contribution in [-0.4, -0.2) is 54.4 Å². The molecule has 5 rings (SSSR count). The molecule has 7 heteroatoms. The van der Waals surface area contributed by atoms with Gasteiger partial charge in [0.05, 0.1) is 11.0 Å². The summed E-state index contributed by atoms with van der Waals surface area (Å²) in [5, 5.41) is 7.12. The third-order valence-electron chi connectivity index (χ3n) is 6.92. The molecule has 2 aromatic rings. The molecule has 0 radical (unpaired) electrons. The Hall–Kier alpha value is -2.41. The lowest BCUT2D eigenvalue weighted by atomic mass is 9.74. The van der Waals surface area contributed by atoms with E-state index in [-0.39, 0.29) is 17.7 Å². The van der Waals surface area contributed by atoms with Gasteiger partial charge in [-0.1, -0.05) is 6.07 Å². The van der Waals surface area contributed by atoms with Gasteiger partial charge in [0.2, 0.25) is 5.91 Å². The Labute approximate surface area is 181 Å². The number of anilines is 1. The molecule has 0 aromatic carbocycles. The molecule has 6 nitrogen and oxygen atoms in total. The smallest absolute Gasteiger partial charge is 0.254 e. The highest BCUT2D eigenvalue weighted by atomic mass is 32.1. The summed E-state index contributed by atoms with van der Waals surface area (Å²) in [7, 11) is 0. The lowest BCUT2D eigenvalue weighted by Gasteiger charge is -2.32. The first-order chi connectivity index (χ1) is 14.7. The van der Waals surface area contributed by atoms with Crippen LogP contribution in [0.15, 0.2) is 41.2 Å². The van der Waals surface area contributed by atoms with Crippen molar-refractivity contribution < 1.29 is 9.59 Å². The number of nitrogens with zero attached hydrogens (tertiary/aromatic N) is 3. The van der Waals surface area contributed by atoms with Gasteiger partial charge in [0.15, 0.2) is 0 Å². The van der Waals surface area contributed by atoms with Crippen LogP contribution in [0, 0.1) is 17.3 Å². The maximum atomic E-state index is 13.5. The van der Waals surface area contributed by atoms with Gasteiger partial charge in [-0.15, -0.1) is 0 Å². The van der Waals surface area contributed by atoms with Gasteiger partial charge in [-0.25, -0.2) is 4.98 Å². The van der Waals surface area contributed by atoms with Crippen LogP contribution in [0.1, 0.15) is 36.0 Å². The Morgan fingerprint density at radius 1 is 1.23 bits per heavy atom. The van der Waals surface area contributed by atoms with Crippen molar-refractivity contribution in [2.45, 2.75) is 25.7 Å². The van der Waals surface area contributed by atoms with Crippen molar-refractivity contribution in [2.75, 3.05) is 37.6 Å². The zero-order chi connectivity index (χ0) is 20.6. The minimum absolute atomic E-state index is 0.0849. The van der Waals surface area contributed by atoms with E-state index < -0.39 is 5.41 Å². The predicted octanol–water partition coefficient (Wildman–Crippen LogP) is 3.03. The van der Waals surface area contributed by atoms with Gasteiger partial charge in [-0.3, -0.25) is 9.59 Å². The number of hydrogen-bond donors (Lipinski definition) is 1. The molecule has 1 N–H and O–H groups in total. The van der Waals surface area contributed by atoms with Gasteiger partial charge in [0.1, 0.15) is 5.82 Å². The summed E-state index contributed by atoms with van der Waals surface area (Å²) in [6, 6.07) is 7.80. The molecule has 2 aromatic heterocycles. The van der Waals surface area contributed by atoms with E-state index in [2.05, 4.69) is 15.2 Å². The van der Waals surface area contributed by atoms with Gasteiger partial charge in [0.25, 0.3) is 5.91 Å². The number of pyridine rings is 1. The number of aromatic nitrogens is 1. The molecule has 0 spiro atoms. The fourth-order valence-electron chi connectivity index (χ4n) is 5.01. The van der Waals surface area contributed by atoms with Crippen LogP contribution >= 0.6 is 11.3 Å². The van der Waals surface area contributed by atoms with Crippen molar-refractivity contribution in [2.24, 2.45) is 17.3 Å². The lowest BCUT2D eigenvalue weighted by Crippen LogP contribution is -2.48. The fourth-order valence-corrected chi connectivity index (χ4v) is 5.64. The number of carbonyl (C=O) groups is 2. The summed E-state index contributed by atoms with van der Waals surface area (Å²) < 4.78 is 0. The molecule has 2 atom stereocenters. The SMILES string of the molecule is O=C(c1ccsc1)N1CCC[C@]2(C(=O)NCC3CC3)CN(c3ccccn3)C[C@@H]2C1. The number of thiophene rings is 1. The Morgan fingerprint density at radius 3 is 2.87 bits per heavy atom. The van der Waals surface area contributed by atoms with Crippen molar-refractivity contribution in [3.05, 3.63) is 46.8 Å². The largest absolute Gasteiger partial charge is 0.355 e. The molecule has 2 saturated heterocycles. The highest BCUT2D eigenvalue weighted by Crippen LogP contribution is 2.44. The predicted molar refractivity (Wildman–Crippen MR) is 118 cm³/mol. The van der Waals surface area contributed by atoms with E-state index in [1.54, 1.807) is 17.5 Å². The standard InChI is InChI=1S/C23H28N4O2S/c28-21(18-7-11-30-15-18)26-10-3-8-23(22(29)25-12-17-5-6-17)16-27(14-19(23)13-26)20-4-1-2-9-24-20/h1-2,4,7,9,11,15,17,19H,3,5-6,8,10,12-14,16H2,(H,25,29)/t19-,23-/m0/s1. The van der Waals surface area contributed by atoms with Crippen molar-refractivity contribution in [1.82, 2.24) is 15.2 Å². The molecular weight excluding hydrogens is 396 g/mol. The summed E-state index contributed by atoms with van der Waals surface area (Å²) in [6.07, 6.45) is 5.90. The van der Waals surface area contributed by atoms with E-state index >= 15 is 0 Å². The maximum Gasteiger partial charge on any atom is 0.254 e. The normalized spacial score (nSPS) is 26.2. The number of hydrogen-bond acceptors (Lipinski definition) is 5. The number of likely N-dealkylation sites (tertiary alicyclic amines) is 1. The molecular formula is C23H28N4O2S. The van der Waals surface area contributed by atoms with Gasteiger partial charge >= 0.3 is 0 Å². The van der Waals surface area contributed by atoms with Crippen LogP contribution in [0.5, 0.6) is 0 Å². The van der Waals surface area contributed by atoms with Crippen LogP contribution in [0.4, 0.5) is 5.82 Å². The van der Waals surface area contributed by atoms with Gasteiger partial charge < -0.3 is 15.1 Å². The first-order valence-corrected chi connectivity index (χ1v) is 11.9. The summed E-state index contributed by atoms with van der Waals surface area (Å²) in [4.78, 5) is 35.3. The third-order valence-corrected chi connectivity index (χ3v) is 7.60. The van der Waals surface area contributed by atoms with E-state index in [1.165, 1.54) is 12.8 Å². The van der Waals surface area contributed by atoms with Crippen LogP contribution in [0.2, 0.25) is 0 Å². The van der Waals surface area contributed by atoms with E-state index in [1.807, 2.05) is 39.9 Å². The molecule has 1 aliphatic carbocycles. The van der Waals surface area contributed by atoms with Crippen LogP contribution < -0.4 is 10.2 Å². The highest BCUT2D eigenvalue weighted by molar-refractivity contribution is 7.08. The Kier molecular flexibility index (Phi) is 5.23. The van der Waals surface area contributed by atoms with Crippen molar-refractivity contribution in [1.29, 1.82) is 0 Å². The molecule has 1 saturated carbocycles. The minimum atomic E-state index is -0.462.